The zero-order chi connectivity index (χ0) is 23.9. The summed E-state index contributed by atoms with van der Waals surface area (Å²) in [5, 5.41) is 41.4. The van der Waals surface area contributed by atoms with Crippen molar-refractivity contribution >= 4 is 0 Å². The summed E-state index contributed by atoms with van der Waals surface area (Å²) in [6, 6.07) is 20.3. The fourth-order valence-corrected chi connectivity index (χ4v) is 5.62. The quantitative estimate of drug-likeness (QED) is 0.377. The van der Waals surface area contributed by atoms with Crippen molar-refractivity contribution < 1.29 is 20.4 Å². The number of benzene rings is 2. The largest absolute Gasteiger partial charge is 0.389 e. The second-order valence-corrected chi connectivity index (χ2v) is 10.0. The van der Waals surface area contributed by atoms with Crippen LogP contribution in [0.5, 0.6) is 0 Å². The van der Waals surface area contributed by atoms with E-state index in [1.807, 2.05) is 36.4 Å². The molecule has 2 heterocycles. The van der Waals surface area contributed by atoms with Gasteiger partial charge in [0.2, 0.25) is 0 Å². The number of β-amino-alcohol motifs (C(OH)–C–C–N with tert-alkyl or cyclic N) is 2. The Hall–Kier alpha value is -1.80. The molecule has 2 saturated heterocycles. The number of hydrogen-bond acceptors (Lipinski definition) is 6. The third-order valence-electron chi connectivity index (χ3n) is 7.57. The Kier molecular flexibility index (Phi) is 9.11. The summed E-state index contributed by atoms with van der Waals surface area (Å²) >= 11 is 0. The molecule has 0 spiro atoms. The zero-order valence-electron chi connectivity index (χ0n) is 20.0. The van der Waals surface area contributed by atoms with E-state index >= 15 is 0 Å². The molecule has 186 valence electrons. The third kappa shape index (κ3) is 6.45. The summed E-state index contributed by atoms with van der Waals surface area (Å²) in [6.45, 7) is 2.82. The van der Waals surface area contributed by atoms with Crippen LogP contribution in [0.15, 0.2) is 60.7 Å². The summed E-state index contributed by atoms with van der Waals surface area (Å²) in [4.78, 5) is 4.48. The molecule has 34 heavy (non-hydrogen) atoms. The molecule has 0 radical (unpaired) electrons. The van der Waals surface area contributed by atoms with Crippen LogP contribution in [-0.4, -0.2) is 92.9 Å². The van der Waals surface area contributed by atoms with E-state index in [4.69, 9.17) is 0 Å². The summed E-state index contributed by atoms with van der Waals surface area (Å²) < 4.78 is 0. The Morgan fingerprint density at radius 3 is 1.32 bits per heavy atom. The van der Waals surface area contributed by atoms with Gasteiger partial charge in [-0.3, -0.25) is 9.80 Å². The smallest absolute Gasteiger partial charge is 0.0969 e. The molecule has 2 aromatic rings. The first-order valence-electron chi connectivity index (χ1n) is 12.8. The third-order valence-corrected chi connectivity index (χ3v) is 7.57. The Balaban J connectivity index is 1.19. The molecule has 2 aromatic carbocycles. The van der Waals surface area contributed by atoms with Crippen LogP contribution < -0.4 is 0 Å². The summed E-state index contributed by atoms with van der Waals surface area (Å²) in [5.74, 6) is 0. The van der Waals surface area contributed by atoms with Crippen LogP contribution in [0.25, 0.3) is 0 Å². The Labute approximate surface area is 203 Å². The van der Waals surface area contributed by atoms with Crippen molar-refractivity contribution in [1.82, 2.24) is 9.80 Å². The van der Waals surface area contributed by atoms with Crippen molar-refractivity contribution in [1.29, 1.82) is 0 Å². The first-order chi connectivity index (χ1) is 16.5. The molecule has 2 aliphatic rings. The second-order valence-electron chi connectivity index (χ2n) is 10.0. The fourth-order valence-electron chi connectivity index (χ4n) is 5.62. The molecule has 0 amide bonds. The van der Waals surface area contributed by atoms with E-state index in [9.17, 15) is 20.4 Å². The Bertz CT molecular complexity index is 780. The van der Waals surface area contributed by atoms with Gasteiger partial charge in [-0.1, -0.05) is 73.5 Å². The lowest BCUT2D eigenvalue weighted by molar-refractivity contribution is 0.0375. The number of unbranched alkanes of at least 4 members (excludes halogenated alkanes) is 3. The van der Waals surface area contributed by atoms with Gasteiger partial charge >= 0.3 is 0 Å². The van der Waals surface area contributed by atoms with E-state index in [-0.39, 0.29) is 12.1 Å². The minimum absolute atomic E-state index is 0.0382. The molecule has 0 aromatic heterocycles. The van der Waals surface area contributed by atoms with Gasteiger partial charge in [-0.05, 0) is 49.9 Å². The lowest BCUT2D eigenvalue weighted by atomic mass is 10.0. The number of nitrogens with zero attached hydrogens (tertiary/aromatic N) is 2. The van der Waals surface area contributed by atoms with Crippen molar-refractivity contribution in [2.24, 2.45) is 0 Å². The molecule has 0 saturated carbocycles. The summed E-state index contributed by atoms with van der Waals surface area (Å²) in [5.41, 5.74) is 2.37. The van der Waals surface area contributed by atoms with Crippen LogP contribution in [0.1, 0.15) is 36.8 Å². The topological polar surface area (TPSA) is 87.4 Å². The molecule has 0 bridgehead atoms. The lowest BCUT2D eigenvalue weighted by Gasteiger charge is -2.26. The van der Waals surface area contributed by atoms with Gasteiger partial charge in [0.05, 0.1) is 24.4 Å². The second kappa shape index (κ2) is 12.2. The number of hydrogen-bond donors (Lipinski definition) is 4. The fraction of sp³-hybridized carbons (Fsp3) is 0.571. The molecule has 6 atom stereocenters. The highest BCUT2D eigenvalue weighted by Gasteiger charge is 2.40. The molecule has 6 heteroatoms. The van der Waals surface area contributed by atoms with Gasteiger partial charge in [0.15, 0.2) is 0 Å². The zero-order valence-corrected chi connectivity index (χ0v) is 20.0. The van der Waals surface area contributed by atoms with Gasteiger partial charge < -0.3 is 20.4 Å². The maximum atomic E-state index is 10.5. The predicted octanol–water partition coefficient (Wildman–Crippen LogP) is 1.84. The molecule has 4 rings (SSSR count). The maximum Gasteiger partial charge on any atom is 0.0969 e. The van der Waals surface area contributed by atoms with E-state index in [1.165, 1.54) is 11.1 Å². The number of aliphatic hydroxyl groups excluding tert-OH is 4. The van der Waals surface area contributed by atoms with Gasteiger partial charge in [0.25, 0.3) is 0 Å². The van der Waals surface area contributed by atoms with Crippen molar-refractivity contribution in [3.63, 3.8) is 0 Å². The van der Waals surface area contributed by atoms with Crippen LogP contribution in [0.4, 0.5) is 0 Å². The van der Waals surface area contributed by atoms with Gasteiger partial charge in [-0.2, -0.15) is 0 Å². The molecule has 0 aliphatic carbocycles. The van der Waals surface area contributed by atoms with Crippen LogP contribution in [0, 0.1) is 0 Å². The lowest BCUT2D eigenvalue weighted by Crippen LogP contribution is -2.38. The Morgan fingerprint density at radius 2 is 0.941 bits per heavy atom. The van der Waals surface area contributed by atoms with Crippen molar-refractivity contribution in [2.75, 3.05) is 26.2 Å². The number of aliphatic hydroxyl groups is 4. The van der Waals surface area contributed by atoms with E-state index in [2.05, 4.69) is 34.1 Å². The van der Waals surface area contributed by atoms with Gasteiger partial charge in [-0.15, -0.1) is 0 Å². The van der Waals surface area contributed by atoms with Gasteiger partial charge in [-0.25, -0.2) is 0 Å². The molecule has 6 nitrogen and oxygen atoms in total. The Morgan fingerprint density at radius 1 is 0.559 bits per heavy atom. The minimum Gasteiger partial charge on any atom is -0.389 e. The average molecular weight is 469 g/mol. The molecule has 6 unspecified atom stereocenters. The summed E-state index contributed by atoms with van der Waals surface area (Å²) in [7, 11) is 0. The monoisotopic (exact) mass is 468 g/mol. The SMILES string of the molecule is OC1CN(CCCCCCN2CC(O)C(O)C2Cc2ccccc2)C(Cc2ccccc2)C1O. The van der Waals surface area contributed by atoms with Crippen LogP contribution in [0.3, 0.4) is 0 Å². The highest BCUT2D eigenvalue weighted by Crippen LogP contribution is 2.25. The van der Waals surface area contributed by atoms with Gasteiger partial charge in [0, 0.05) is 25.2 Å². The molecular formula is C28H40N2O4. The van der Waals surface area contributed by atoms with Crippen molar-refractivity contribution in [2.45, 2.75) is 75.0 Å². The highest BCUT2D eigenvalue weighted by molar-refractivity contribution is 5.18. The number of likely N-dealkylation sites (tertiary alicyclic amines) is 2. The van der Waals surface area contributed by atoms with Gasteiger partial charge in [0.1, 0.15) is 0 Å². The van der Waals surface area contributed by atoms with Crippen LogP contribution in [0.2, 0.25) is 0 Å². The molecule has 4 N–H and O–H groups in total. The first kappa shape index (κ1) is 25.3. The summed E-state index contributed by atoms with van der Waals surface area (Å²) in [6.07, 6.45) is 2.98. The van der Waals surface area contributed by atoms with Crippen molar-refractivity contribution in [3.8, 4) is 0 Å². The first-order valence-corrected chi connectivity index (χ1v) is 12.8. The van der Waals surface area contributed by atoms with Crippen LogP contribution in [-0.2, 0) is 12.8 Å². The highest BCUT2D eigenvalue weighted by atomic mass is 16.3. The molecular weight excluding hydrogens is 428 g/mol. The average Bonchev–Trinajstić information content (AvgIpc) is 3.27. The number of rotatable bonds is 11. The standard InChI is InChI=1S/C28H40N2O4/c31-25-19-29(23(27(25)33)17-21-11-5-3-6-12-21)15-9-1-2-10-16-30-20-26(32)28(34)24(30)18-22-13-7-4-8-14-22/h3-8,11-14,23-28,31-34H,1-2,9-10,15-20H2. The molecule has 2 aliphatic heterocycles. The van der Waals surface area contributed by atoms with E-state index in [0.29, 0.717) is 13.1 Å². The van der Waals surface area contributed by atoms with E-state index in [0.717, 1.165) is 51.6 Å². The predicted molar refractivity (Wildman–Crippen MR) is 134 cm³/mol. The van der Waals surface area contributed by atoms with E-state index < -0.39 is 24.4 Å². The van der Waals surface area contributed by atoms with Crippen LogP contribution >= 0.6 is 0 Å². The van der Waals surface area contributed by atoms with Crippen molar-refractivity contribution in [3.05, 3.63) is 71.8 Å². The normalized spacial score (nSPS) is 30.2. The molecule has 2 fully saturated rings. The minimum atomic E-state index is -0.699. The maximum absolute atomic E-state index is 10.5. The van der Waals surface area contributed by atoms with E-state index in [1.54, 1.807) is 0 Å².